The van der Waals surface area contributed by atoms with E-state index in [2.05, 4.69) is 17.2 Å². The lowest BCUT2D eigenvalue weighted by Crippen LogP contribution is -2.53. The second-order valence-corrected chi connectivity index (χ2v) is 11.5. The van der Waals surface area contributed by atoms with E-state index in [4.69, 9.17) is 4.74 Å². The SMILES string of the molecule is C=CCN(C(=O)C(Cc1ccccc1)NC(=O)OC(C)(C)C)C(C(=O)Nc1ccc2ccccc2c1)c1cccc(C)c1. The summed E-state index contributed by atoms with van der Waals surface area (Å²) in [6.07, 6.45) is 1.07. The zero-order chi connectivity index (χ0) is 31.0. The van der Waals surface area contributed by atoms with Crippen molar-refractivity contribution < 1.29 is 19.1 Å². The van der Waals surface area contributed by atoms with Gasteiger partial charge in [-0.2, -0.15) is 0 Å². The lowest BCUT2D eigenvalue weighted by molar-refractivity contribution is -0.140. The maximum Gasteiger partial charge on any atom is 0.408 e. The molecule has 3 amide bonds. The summed E-state index contributed by atoms with van der Waals surface area (Å²) >= 11 is 0. The van der Waals surface area contributed by atoms with E-state index in [0.29, 0.717) is 11.3 Å². The number of carbonyl (C=O) groups excluding carboxylic acids is 3. The van der Waals surface area contributed by atoms with Crippen LogP contribution in [0.25, 0.3) is 10.8 Å². The van der Waals surface area contributed by atoms with E-state index in [1.165, 1.54) is 4.90 Å². The van der Waals surface area contributed by atoms with Gasteiger partial charge in [-0.05, 0) is 61.7 Å². The number of carbonyl (C=O) groups is 3. The van der Waals surface area contributed by atoms with Gasteiger partial charge in [-0.1, -0.05) is 96.6 Å². The average molecular weight is 578 g/mol. The highest BCUT2D eigenvalue weighted by Gasteiger charge is 2.36. The van der Waals surface area contributed by atoms with Gasteiger partial charge in [0.1, 0.15) is 17.7 Å². The summed E-state index contributed by atoms with van der Waals surface area (Å²) < 4.78 is 5.50. The van der Waals surface area contributed by atoms with Gasteiger partial charge < -0.3 is 20.3 Å². The van der Waals surface area contributed by atoms with E-state index >= 15 is 0 Å². The molecular weight excluding hydrogens is 538 g/mol. The highest BCUT2D eigenvalue weighted by Crippen LogP contribution is 2.27. The van der Waals surface area contributed by atoms with Crippen LogP contribution in [0, 0.1) is 6.92 Å². The van der Waals surface area contributed by atoms with Crippen molar-refractivity contribution in [2.24, 2.45) is 0 Å². The summed E-state index contributed by atoms with van der Waals surface area (Å²) in [5.74, 6) is -0.818. The topological polar surface area (TPSA) is 87.7 Å². The van der Waals surface area contributed by atoms with Crippen LogP contribution in [0.1, 0.15) is 43.5 Å². The molecule has 2 unspecified atom stereocenters. The van der Waals surface area contributed by atoms with Crippen molar-refractivity contribution in [3.63, 3.8) is 0 Å². The molecule has 4 aromatic carbocycles. The number of hydrogen-bond donors (Lipinski definition) is 2. The maximum atomic E-state index is 14.4. The predicted molar refractivity (Wildman–Crippen MR) is 172 cm³/mol. The van der Waals surface area contributed by atoms with E-state index in [1.54, 1.807) is 26.8 Å². The number of amides is 3. The standard InChI is InChI=1S/C36H39N3O4/c1-6-21-39(34(41)31(23-26-14-8-7-9-15-26)38-35(42)43-36(3,4)5)32(29-18-12-13-25(2)22-29)33(40)37-30-20-19-27-16-10-11-17-28(27)24-30/h6-20,22,24,31-32H,1,21,23H2,2-5H3,(H,37,40)(H,38,42). The zero-order valence-corrected chi connectivity index (χ0v) is 25.2. The molecule has 2 N–H and O–H groups in total. The fourth-order valence-corrected chi connectivity index (χ4v) is 4.95. The maximum absolute atomic E-state index is 14.4. The Hall–Kier alpha value is -4.91. The van der Waals surface area contributed by atoms with Gasteiger partial charge in [-0.25, -0.2) is 4.79 Å². The van der Waals surface area contributed by atoms with Crippen LogP contribution in [-0.4, -0.2) is 41.0 Å². The molecule has 222 valence electrons. The van der Waals surface area contributed by atoms with Crippen molar-refractivity contribution in [2.75, 3.05) is 11.9 Å². The highest BCUT2D eigenvalue weighted by atomic mass is 16.6. The first-order valence-electron chi connectivity index (χ1n) is 14.3. The van der Waals surface area contributed by atoms with E-state index < -0.39 is 29.7 Å². The van der Waals surface area contributed by atoms with E-state index in [1.807, 2.05) is 104 Å². The van der Waals surface area contributed by atoms with Crippen LogP contribution in [0.15, 0.2) is 110 Å². The minimum Gasteiger partial charge on any atom is -0.444 e. The average Bonchev–Trinajstić information content (AvgIpc) is 2.96. The number of ether oxygens (including phenoxy) is 1. The molecule has 0 spiro atoms. The van der Waals surface area contributed by atoms with Gasteiger partial charge in [0.05, 0.1) is 0 Å². The fraction of sp³-hybridized carbons (Fsp3) is 0.250. The molecule has 43 heavy (non-hydrogen) atoms. The first-order valence-corrected chi connectivity index (χ1v) is 14.3. The van der Waals surface area contributed by atoms with Crippen molar-refractivity contribution in [1.82, 2.24) is 10.2 Å². The van der Waals surface area contributed by atoms with Gasteiger partial charge in [0.2, 0.25) is 5.91 Å². The molecule has 0 fully saturated rings. The quantitative estimate of drug-likeness (QED) is 0.199. The molecule has 2 atom stereocenters. The van der Waals surface area contributed by atoms with Crippen LogP contribution in [0.4, 0.5) is 10.5 Å². The van der Waals surface area contributed by atoms with E-state index in [-0.39, 0.29) is 18.9 Å². The van der Waals surface area contributed by atoms with Gasteiger partial charge in [-0.3, -0.25) is 9.59 Å². The van der Waals surface area contributed by atoms with Gasteiger partial charge >= 0.3 is 6.09 Å². The van der Waals surface area contributed by atoms with Gasteiger partial charge in [0.25, 0.3) is 5.91 Å². The first-order chi connectivity index (χ1) is 20.5. The molecule has 0 aliphatic rings. The number of rotatable bonds is 10. The van der Waals surface area contributed by atoms with Crippen molar-refractivity contribution in [2.45, 2.75) is 51.8 Å². The second-order valence-electron chi connectivity index (χ2n) is 11.5. The Bertz CT molecular complexity index is 1590. The Labute approximate surface area is 253 Å². The summed E-state index contributed by atoms with van der Waals surface area (Å²) in [6, 6.07) is 28.5. The van der Waals surface area contributed by atoms with Crippen molar-refractivity contribution in [3.8, 4) is 0 Å². The highest BCUT2D eigenvalue weighted by molar-refractivity contribution is 6.00. The second kappa shape index (κ2) is 13.8. The number of fused-ring (bicyclic) bond motifs is 1. The molecule has 7 nitrogen and oxygen atoms in total. The van der Waals surface area contributed by atoms with Crippen molar-refractivity contribution in [1.29, 1.82) is 0 Å². The van der Waals surface area contributed by atoms with Gasteiger partial charge in [0, 0.05) is 18.7 Å². The normalized spacial score (nSPS) is 12.6. The van der Waals surface area contributed by atoms with Crippen LogP contribution < -0.4 is 10.6 Å². The number of alkyl carbamates (subject to hydrolysis) is 1. The molecular formula is C36H39N3O4. The number of nitrogens with one attached hydrogen (secondary N) is 2. The largest absolute Gasteiger partial charge is 0.444 e. The van der Waals surface area contributed by atoms with Crippen LogP contribution in [0.5, 0.6) is 0 Å². The number of benzene rings is 4. The third-order valence-electron chi connectivity index (χ3n) is 6.82. The zero-order valence-electron chi connectivity index (χ0n) is 25.2. The number of anilines is 1. The molecule has 4 aromatic rings. The molecule has 7 heteroatoms. The summed E-state index contributed by atoms with van der Waals surface area (Å²) in [4.78, 5) is 42.9. The molecule has 4 rings (SSSR count). The number of hydrogen-bond acceptors (Lipinski definition) is 4. The summed E-state index contributed by atoms with van der Waals surface area (Å²) in [5.41, 5.74) is 2.29. The van der Waals surface area contributed by atoms with Crippen molar-refractivity contribution >= 4 is 34.4 Å². The van der Waals surface area contributed by atoms with Gasteiger partial charge in [-0.15, -0.1) is 6.58 Å². The first kappa shape index (κ1) is 31.0. The molecule has 0 aromatic heterocycles. The third-order valence-corrected chi connectivity index (χ3v) is 6.82. The minimum absolute atomic E-state index is 0.0733. The number of aryl methyl sites for hydroxylation is 1. The minimum atomic E-state index is -1.00. The lowest BCUT2D eigenvalue weighted by atomic mass is 9.99. The molecule has 0 saturated carbocycles. The predicted octanol–water partition coefficient (Wildman–Crippen LogP) is 6.98. The molecule has 0 radical (unpaired) electrons. The Kier molecular flexibility index (Phi) is 9.99. The Balaban J connectivity index is 1.72. The van der Waals surface area contributed by atoms with Crippen LogP contribution in [-0.2, 0) is 20.7 Å². The van der Waals surface area contributed by atoms with Gasteiger partial charge in [0.15, 0.2) is 0 Å². The van der Waals surface area contributed by atoms with Crippen molar-refractivity contribution in [3.05, 3.63) is 126 Å². The summed E-state index contributed by atoms with van der Waals surface area (Å²) in [6.45, 7) is 11.2. The van der Waals surface area contributed by atoms with Crippen LogP contribution >= 0.6 is 0 Å². The number of nitrogens with zero attached hydrogens (tertiary/aromatic N) is 1. The monoisotopic (exact) mass is 577 g/mol. The molecule has 0 aliphatic carbocycles. The van der Waals surface area contributed by atoms with Crippen LogP contribution in [0.2, 0.25) is 0 Å². The third kappa shape index (κ3) is 8.55. The van der Waals surface area contributed by atoms with E-state index in [9.17, 15) is 14.4 Å². The Morgan fingerprint density at radius 3 is 2.26 bits per heavy atom. The molecule has 0 bridgehead atoms. The fourth-order valence-electron chi connectivity index (χ4n) is 4.95. The molecule has 0 heterocycles. The van der Waals surface area contributed by atoms with Crippen LogP contribution in [0.3, 0.4) is 0 Å². The summed E-state index contributed by atoms with van der Waals surface area (Å²) in [7, 11) is 0. The smallest absolute Gasteiger partial charge is 0.408 e. The molecule has 0 aliphatic heterocycles. The lowest BCUT2D eigenvalue weighted by Gasteiger charge is -2.34. The summed E-state index contributed by atoms with van der Waals surface area (Å²) in [5, 5.41) is 7.83. The Morgan fingerprint density at radius 1 is 0.884 bits per heavy atom. The Morgan fingerprint density at radius 2 is 1.58 bits per heavy atom. The molecule has 0 saturated heterocycles. The van der Waals surface area contributed by atoms with E-state index in [0.717, 1.165) is 21.9 Å².